The van der Waals surface area contributed by atoms with Crippen LogP contribution in [0.5, 0.6) is 0 Å². The first-order valence-electron chi connectivity index (χ1n) is 6.97. The molecule has 3 nitrogen and oxygen atoms in total. The molecular weight excluding hydrogens is 290 g/mol. The number of rotatable bonds is 8. The standard InChI is InChI=1S/C14H26BrN3/c1-5-6-7-8-9-11(2)16-10-13-14(15)12(3)17-18(13)4/h11,16H,5-10H2,1-4H3. The lowest BCUT2D eigenvalue weighted by Gasteiger charge is -2.14. The van der Waals surface area contributed by atoms with Gasteiger partial charge in [0.1, 0.15) is 0 Å². The molecule has 1 N–H and O–H groups in total. The van der Waals surface area contributed by atoms with E-state index in [1.807, 2.05) is 18.7 Å². The average Bonchev–Trinajstić information content (AvgIpc) is 2.57. The first-order valence-corrected chi connectivity index (χ1v) is 7.76. The number of nitrogens with one attached hydrogen (secondary N) is 1. The van der Waals surface area contributed by atoms with Crippen LogP contribution in [0.15, 0.2) is 4.47 Å². The fourth-order valence-electron chi connectivity index (χ4n) is 2.12. The number of aromatic nitrogens is 2. The van der Waals surface area contributed by atoms with Gasteiger partial charge in [-0.3, -0.25) is 4.68 Å². The van der Waals surface area contributed by atoms with Gasteiger partial charge < -0.3 is 5.32 Å². The van der Waals surface area contributed by atoms with Crippen LogP contribution in [0.4, 0.5) is 0 Å². The monoisotopic (exact) mass is 315 g/mol. The second-order valence-corrected chi connectivity index (χ2v) is 5.89. The smallest absolute Gasteiger partial charge is 0.0739 e. The van der Waals surface area contributed by atoms with Crippen LogP contribution in [-0.2, 0) is 13.6 Å². The highest BCUT2D eigenvalue weighted by Gasteiger charge is 2.11. The molecule has 0 saturated carbocycles. The van der Waals surface area contributed by atoms with Crippen molar-refractivity contribution in [2.24, 2.45) is 7.05 Å². The van der Waals surface area contributed by atoms with Gasteiger partial charge in [-0.25, -0.2) is 0 Å². The minimum atomic E-state index is 0.573. The number of hydrogen-bond acceptors (Lipinski definition) is 2. The number of aryl methyl sites for hydroxylation is 2. The predicted octanol–water partition coefficient (Wildman–Crippen LogP) is 3.94. The van der Waals surface area contributed by atoms with Gasteiger partial charge in [-0.2, -0.15) is 5.10 Å². The predicted molar refractivity (Wildman–Crippen MR) is 80.7 cm³/mol. The van der Waals surface area contributed by atoms with E-state index in [4.69, 9.17) is 0 Å². The van der Waals surface area contributed by atoms with Gasteiger partial charge in [-0.1, -0.05) is 32.6 Å². The molecule has 0 saturated heterocycles. The molecule has 1 heterocycles. The number of halogens is 1. The Morgan fingerprint density at radius 2 is 2.06 bits per heavy atom. The van der Waals surface area contributed by atoms with Gasteiger partial charge in [-0.05, 0) is 36.2 Å². The summed E-state index contributed by atoms with van der Waals surface area (Å²) in [5.74, 6) is 0. The molecule has 1 unspecified atom stereocenters. The van der Waals surface area contributed by atoms with Crippen molar-refractivity contribution >= 4 is 15.9 Å². The van der Waals surface area contributed by atoms with Crippen LogP contribution in [0.25, 0.3) is 0 Å². The van der Waals surface area contributed by atoms with Gasteiger partial charge in [0.05, 0.1) is 15.9 Å². The van der Waals surface area contributed by atoms with E-state index in [0.717, 1.165) is 16.7 Å². The average molecular weight is 316 g/mol. The van der Waals surface area contributed by atoms with Crippen molar-refractivity contribution in [2.75, 3.05) is 0 Å². The summed E-state index contributed by atoms with van der Waals surface area (Å²) in [5, 5.41) is 7.98. The molecule has 0 aliphatic carbocycles. The van der Waals surface area contributed by atoms with E-state index >= 15 is 0 Å². The molecule has 0 amide bonds. The molecule has 0 radical (unpaired) electrons. The summed E-state index contributed by atoms with van der Waals surface area (Å²) in [5.41, 5.74) is 2.29. The van der Waals surface area contributed by atoms with Crippen molar-refractivity contribution in [1.29, 1.82) is 0 Å². The van der Waals surface area contributed by atoms with Crippen molar-refractivity contribution in [3.63, 3.8) is 0 Å². The van der Waals surface area contributed by atoms with Crippen molar-refractivity contribution in [3.05, 3.63) is 15.9 Å². The zero-order chi connectivity index (χ0) is 13.5. The first kappa shape index (κ1) is 15.7. The van der Waals surface area contributed by atoms with Gasteiger partial charge in [0, 0.05) is 19.6 Å². The maximum atomic E-state index is 4.40. The Hall–Kier alpha value is -0.350. The Bertz CT molecular complexity index is 360. The van der Waals surface area contributed by atoms with Crippen LogP contribution < -0.4 is 5.32 Å². The molecule has 1 aromatic heterocycles. The van der Waals surface area contributed by atoms with E-state index in [1.54, 1.807) is 0 Å². The van der Waals surface area contributed by atoms with Gasteiger partial charge in [-0.15, -0.1) is 0 Å². The molecule has 0 aromatic carbocycles. The molecule has 4 heteroatoms. The van der Waals surface area contributed by atoms with Crippen molar-refractivity contribution in [3.8, 4) is 0 Å². The van der Waals surface area contributed by atoms with E-state index in [0.29, 0.717) is 6.04 Å². The lowest BCUT2D eigenvalue weighted by Crippen LogP contribution is -2.26. The first-order chi connectivity index (χ1) is 8.56. The van der Waals surface area contributed by atoms with Gasteiger partial charge >= 0.3 is 0 Å². The largest absolute Gasteiger partial charge is 0.309 e. The molecule has 1 aromatic rings. The Morgan fingerprint density at radius 3 is 2.61 bits per heavy atom. The molecule has 104 valence electrons. The molecule has 0 aliphatic heterocycles. The number of nitrogens with zero attached hydrogens (tertiary/aromatic N) is 2. The molecular formula is C14H26BrN3. The van der Waals surface area contributed by atoms with Crippen molar-refractivity contribution in [2.45, 2.75) is 65.5 Å². The van der Waals surface area contributed by atoms with E-state index < -0.39 is 0 Å². The number of hydrogen-bond donors (Lipinski definition) is 1. The SMILES string of the molecule is CCCCCCC(C)NCc1c(Br)c(C)nn1C. The fourth-order valence-corrected chi connectivity index (χ4v) is 2.60. The summed E-state index contributed by atoms with van der Waals surface area (Å²) in [6.07, 6.45) is 6.61. The summed E-state index contributed by atoms with van der Waals surface area (Å²) in [4.78, 5) is 0. The molecule has 0 spiro atoms. The van der Waals surface area contributed by atoms with E-state index in [1.165, 1.54) is 37.8 Å². The van der Waals surface area contributed by atoms with Crippen LogP contribution in [0.1, 0.15) is 57.3 Å². The zero-order valence-corrected chi connectivity index (χ0v) is 13.7. The van der Waals surface area contributed by atoms with Gasteiger partial charge in [0.2, 0.25) is 0 Å². The molecule has 18 heavy (non-hydrogen) atoms. The second kappa shape index (κ2) is 7.95. The highest BCUT2D eigenvalue weighted by atomic mass is 79.9. The molecule has 0 aliphatic rings. The molecule has 1 atom stereocenters. The Morgan fingerprint density at radius 1 is 1.33 bits per heavy atom. The lowest BCUT2D eigenvalue weighted by atomic mass is 10.1. The fraction of sp³-hybridized carbons (Fsp3) is 0.786. The summed E-state index contributed by atoms with van der Waals surface area (Å²) < 4.78 is 3.09. The summed E-state index contributed by atoms with van der Waals surface area (Å²) in [7, 11) is 2.00. The van der Waals surface area contributed by atoms with E-state index in [9.17, 15) is 0 Å². The minimum absolute atomic E-state index is 0.573. The van der Waals surface area contributed by atoms with Gasteiger partial charge in [0.15, 0.2) is 0 Å². The van der Waals surface area contributed by atoms with Crippen molar-refractivity contribution < 1.29 is 0 Å². The van der Waals surface area contributed by atoms with Crippen LogP contribution >= 0.6 is 15.9 Å². The van der Waals surface area contributed by atoms with Crippen LogP contribution in [0, 0.1) is 6.92 Å². The maximum Gasteiger partial charge on any atom is 0.0739 e. The summed E-state index contributed by atoms with van der Waals surface area (Å²) >= 11 is 3.60. The third-order valence-corrected chi connectivity index (χ3v) is 4.40. The highest BCUT2D eigenvalue weighted by Crippen LogP contribution is 2.20. The van der Waals surface area contributed by atoms with Crippen LogP contribution in [0.3, 0.4) is 0 Å². The third kappa shape index (κ3) is 4.73. The van der Waals surface area contributed by atoms with E-state index in [2.05, 4.69) is 40.2 Å². The van der Waals surface area contributed by atoms with Crippen LogP contribution in [0.2, 0.25) is 0 Å². The minimum Gasteiger partial charge on any atom is -0.309 e. The maximum absolute atomic E-state index is 4.40. The quantitative estimate of drug-likeness (QED) is 0.736. The zero-order valence-electron chi connectivity index (χ0n) is 12.1. The molecule has 0 bridgehead atoms. The lowest BCUT2D eigenvalue weighted by molar-refractivity contribution is 0.472. The molecule has 0 fully saturated rings. The van der Waals surface area contributed by atoms with Crippen molar-refractivity contribution in [1.82, 2.24) is 15.1 Å². The third-order valence-electron chi connectivity index (χ3n) is 3.37. The Labute approximate surface area is 119 Å². The summed E-state index contributed by atoms with van der Waals surface area (Å²) in [6.45, 7) is 7.43. The number of unbranched alkanes of at least 4 members (excludes halogenated alkanes) is 3. The normalized spacial score (nSPS) is 12.9. The highest BCUT2D eigenvalue weighted by molar-refractivity contribution is 9.10. The molecule has 1 rings (SSSR count). The van der Waals surface area contributed by atoms with E-state index in [-0.39, 0.29) is 0 Å². The summed E-state index contributed by atoms with van der Waals surface area (Å²) in [6, 6.07) is 0.573. The second-order valence-electron chi connectivity index (χ2n) is 5.10. The Balaban J connectivity index is 2.31. The van der Waals surface area contributed by atoms with Gasteiger partial charge in [0.25, 0.3) is 0 Å². The topological polar surface area (TPSA) is 29.9 Å². The Kier molecular flexibility index (Phi) is 6.94. The van der Waals surface area contributed by atoms with Crippen LogP contribution in [-0.4, -0.2) is 15.8 Å².